The van der Waals surface area contributed by atoms with Crippen molar-refractivity contribution >= 4 is 18.5 Å². The van der Waals surface area contributed by atoms with Gasteiger partial charge in [-0.3, -0.25) is 4.79 Å². The second-order valence-electron chi connectivity index (χ2n) is 5.92. The van der Waals surface area contributed by atoms with Gasteiger partial charge < -0.3 is 4.90 Å². The van der Waals surface area contributed by atoms with Crippen molar-refractivity contribution in [2.75, 3.05) is 6.54 Å². The van der Waals surface area contributed by atoms with Gasteiger partial charge in [-0.15, -0.1) is 12.6 Å². The molecule has 1 heterocycles. The standard InChI is InChI=1S/C16H20FNOS/c17-14-8-7-12(20)10-13(14)16(19)18-9-3-5-11-4-1-2-6-15(11)18/h7-8,10-11,15,20H,1-6,9H2/t11-,15-/m1/s1. The molecule has 1 aliphatic heterocycles. The topological polar surface area (TPSA) is 20.3 Å². The fourth-order valence-corrected chi connectivity index (χ4v) is 3.91. The van der Waals surface area contributed by atoms with Gasteiger partial charge in [0.1, 0.15) is 5.82 Å². The first-order valence-corrected chi connectivity index (χ1v) is 7.91. The minimum atomic E-state index is -0.439. The van der Waals surface area contributed by atoms with Crippen molar-refractivity contribution in [3.05, 3.63) is 29.6 Å². The molecule has 0 bridgehead atoms. The molecule has 20 heavy (non-hydrogen) atoms. The number of rotatable bonds is 1. The Morgan fingerprint density at radius 1 is 1.20 bits per heavy atom. The molecule has 0 radical (unpaired) electrons. The molecule has 0 spiro atoms. The van der Waals surface area contributed by atoms with Crippen LogP contribution in [-0.4, -0.2) is 23.4 Å². The Hall–Kier alpha value is -1.03. The molecular weight excluding hydrogens is 273 g/mol. The lowest BCUT2D eigenvalue weighted by Crippen LogP contribution is -2.49. The number of nitrogens with zero attached hydrogens (tertiary/aromatic N) is 1. The van der Waals surface area contributed by atoms with E-state index < -0.39 is 5.82 Å². The highest BCUT2D eigenvalue weighted by Crippen LogP contribution is 2.36. The summed E-state index contributed by atoms with van der Waals surface area (Å²) in [6.07, 6.45) is 6.98. The van der Waals surface area contributed by atoms with Crippen LogP contribution >= 0.6 is 12.6 Å². The molecule has 2 fully saturated rings. The Balaban J connectivity index is 1.87. The Morgan fingerprint density at radius 3 is 2.80 bits per heavy atom. The molecule has 0 aromatic heterocycles. The predicted molar refractivity (Wildman–Crippen MR) is 79.7 cm³/mol. The monoisotopic (exact) mass is 293 g/mol. The fourth-order valence-electron chi connectivity index (χ4n) is 3.71. The summed E-state index contributed by atoms with van der Waals surface area (Å²) in [5.41, 5.74) is 0.170. The zero-order valence-electron chi connectivity index (χ0n) is 11.5. The minimum absolute atomic E-state index is 0.157. The summed E-state index contributed by atoms with van der Waals surface area (Å²) in [7, 11) is 0. The maximum atomic E-state index is 13.9. The van der Waals surface area contributed by atoms with Gasteiger partial charge in [-0.2, -0.15) is 0 Å². The smallest absolute Gasteiger partial charge is 0.257 e. The van der Waals surface area contributed by atoms with Gasteiger partial charge in [-0.25, -0.2) is 4.39 Å². The number of carbonyl (C=O) groups excluding carboxylic acids is 1. The molecule has 3 rings (SSSR count). The summed E-state index contributed by atoms with van der Waals surface area (Å²) < 4.78 is 13.9. The second kappa shape index (κ2) is 5.76. The highest BCUT2D eigenvalue weighted by atomic mass is 32.1. The number of fused-ring (bicyclic) bond motifs is 1. The third-order valence-corrected chi connectivity index (χ3v) is 4.96. The summed E-state index contributed by atoms with van der Waals surface area (Å²) in [6.45, 7) is 0.760. The van der Waals surface area contributed by atoms with Crippen molar-refractivity contribution in [1.82, 2.24) is 4.90 Å². The van der Waals surface area contributed by atoms with Crippen LogP contribution in [0, 0.1) is 11.7 Å². The van der Waals surface area contributed by atoms with Gasteiger partial charge in [0.2, 0.25) is 0 Å². The normalized spacial score (nSPS) is 26.2. The van der Waals surface area contributed by atoms with Crippen molar-refractivity contribution in [3.63, 3.8) is 0 Å². The Morgan fingerprint density at radius 2 is 1.95 bits per heavy atom. The van der Waals surface area contributed by atoms with Gasteiger partial charge >= 0.3 is 0 Å². The quantitative estimate of drug-likeness (QED) is 0.778. The van der Waals surface area contributed by atoms with E-state index in [-0.39, 0.29) is 11.5 Å². The maximum Gasteiger partial charge on any atom is 0.257 e. The van der Waals surface area contributed by atoms with Crippen LogP contribution in [0.2, 0.25) is 0 Å². The van der Waals surface area contributed by atoms with Crippen LogP contribution in [0.3, 0.4) is 0 Å². The maximum absolute atomic E-state index is 13.9. The third kappa shape index (κ3) is 2.58. The molecule has 2 atom stereocenters. The summed E-state index contributed by atoms with van der Waals surface area (Å²) >= 11 is 4.22. The number of likely N-dealkylation sites (tertiary alicyclic amines) is 1. The molecule has 2 nitrogen and oxygen atoms in total. The van der Waals surface area contributed by atoms with Gasteiger partial charge in [0.15, 0.2) is 0 Å². The summed E-state index contributed by atoms with van der Waals surface area (Å²) in [5.74, 6) is 0.0180. The second-order valence-corrected chi connectivity index (χ2v) is 6.43. The average molecular weight is 293 g/mol. The van der Waals surface area contributed by atoms with E-state index in [9.17, 15) is 9.18 Å². The molecule has 1 aromatic rings. The first kappa shape index (κ1) is 13.9. The van der Waals surface area contributed by atoms with Gasteiger partial charge in [0.05, 0.1) is 5.56 Å². The number of carbonyl (C=O) groups is 1. The van der Waals surface area contributed by atoms with Crippen LogP contribution in [0.15, 0.2) is 23.1 Å². The van der Waals surface area contributed by atoms with Gasteiger partial charge in [0, 0.05) is 17.5 Å². The van der Waals surface area contributed by atoms with E-state index in [2.05, 4.69) is 12.6 Å². The van der Waals surface area contributed by atoms with E-state index in [1.54, 1.807) is 12.1 Å². The van der Waals surface area contributed by atoms with Crippen LogP contribution < -0.4 is 0 Å². The van der Waals surface area contributed by atoms with E-state index in [1.807, 2.05) is 4.90 Å². The number of amides is 1. The van der Waals surface area contributed by atoms with Gasteiger partial charge in [-0.1, -0.05) is 12.8 Å². The number of benzene rings is 1. The average Bonchev–Trinajstić information content (AvgIpc) is 2.48. The summed E-state index contributed by atoms with van der Waals surface area (Å²) in [6, 6.07) is 4.77. The first-order chi connectivity index (χ1) is 9.66. The van der Waals surface area contributed by atoms with Gasteiger partial charge in [-0.05, 0) is 49.8 Å². The SMILES string of the molecule is O=C(c1cc(S)ccc1F)N1CCC[C@H]2CCCC[C@H]21. The molecule has 1 saturated heterocycles. The van der Waals surface area contributed by atoms with Crippen molar-refractivity contribution in [2.45, 2.75) is 49.5 Å². The first-order valence-electron chi connectivity index (χ1n) is 7.46. The van der Waals surface area contributed by atoms with E-state index in [1.165, 1.54) is 31.7 Å². The van der Waals surface area contributed by atoms with E-state index in [4.69, 9.17) is 0 Å². The zero-order chi connectivity index (χ0) is 14.1. The number of thiol groups is 1. The number of hydrogen-bond donors (Lipinski definition) is 1. The third-order valence-electron chi connectivity index (χ3n) is 4.68. The van der Waals surface area contributed by atoms with E-state index >= 15 is 0 Å². The molecule has 4 heteroatoms. The fraction of sp³-hybridized carbons (Fsp3) is 0.562. The zero-order valence-corrected chi connectivity index (χ0v) is 12.4. The number of halogens is 1. The lowest BCUT2D eigenvalue weighted by molar-refractivity contribution is 0.0386. The minimum Gasteiger partial charge on any atom is -0.335 e. The van der Waals surface area contributed by atoms with Crippen LogP contribution in [0.4, 0.5) is 4.39 Å². The lowest BCUT2D eigenvalue weighted by atomic mass is 9.78. The Kier molecular flexibility index (Phi) is 4.01. The number of piperidine rings is 1. The molecular formula is C16H20FNOS. The highest BCUT2D eigenvalue weighted by molar-refractivity contribution is 7.80. The van der Waals surface area contributed by atoms with Crippen molar-refractivity contribution < 1.29 is 9.18 Å². The van der Waals surface area contributed by atoms with Crippen LogP contribution in [0.25, 0.3) is 0 Å². The molecule has 0 unspecified atom stereocenters. The van der Waals surface area contributed by atoms with Gasteiger partial charge in [0.25, 0.3) is 5.91 Å². The molecule has 2 aliphatic rings. The molecule has 0 N–H and O–H groups in total. The largest absolute Gasteiger partial charge is 0.335 e. The molecule has 108 valence electrons. The van der Waals surface area contributed by atoms with Crippen molar-refractivity contribution in [2.24, 2.45) is 5.92 Å². The van der Waals surface area contributed by atoms with Crippen molar-refractivity contribution in [1.29, 1.82) is 0 Å². The number of hydrogen-bond acceptors (Lipinski definition) is 2. The van der Waals surface area contributed by atoms with Crippen LogP contribution in [0.1, 0.15) is 48.9 Å². The molecule has 1 aliphatic carbocycles. The Labute approximate surface area is 124 Å². The molecule has 1 amide bonds. The molecule has 1 saturated carbocycles. The van der Waals surface area contributed by atoms with E-state index in [0.717, 1.165) is 19.4 Å². The van der Waals surface area contributed by atoms with Crippen LogP contribution in [-0.2, 0) is 0 Å². The van der Waals surface area contributed by atoms with Crippen molar-refractivity contribution in [3.8, 4) is 0 Å². The predicted octanol–water partition coefficient (Wildman–Crippen LogP) is 3.91. The highest BCUT2D eigenvalue weighted by Gasteiger charge is 2.36. The summed E-state index contributed by atoms with van der Waals surface area (Å²) in [5, 5.41) is 0. The van der Waals surface area contributed by atoms with Crippen LogP contribution in [0.5, 0.6) is 0 Å². The van der Waals surface area contributed by atoms with E-state index in [0.29, 0.717) is 16.9 Å². The molecule has 1 aromatic carbocycles. The lowest BCUT2D eigenvalue weighted by Gasteiger charge is -2.44. The Bertz CT molecular complexity index is 517. The summed E-state index contributed by atoms with van der Waals surface area (Å²) in [4.78, 5) is 15.2.